The van der Waals surface area contributed by atoms with Crippen LogP contribution < -0.4 is 4.74 Å². The van der Waals surface area contributed by atoms with Gasteiger partial charge in [0.2, 0.25) is 0 Å². The van der Waals surface area contributed by atoms with Crippen molar-refractivity contribution in [2.24, 2.45) is 0 Å². The molecular formula is C16H10O5. The van der Waals surface area contributed by atoms with Gasteiger partial charge in [-0.3, -0.25) is 14.4 Å². The Labute approximate surface area is 119 Å². The zero-order valence-corrected chi connectivity index (χ0v) is 11.0. The van der Waals surface area contributed by atoms with Crippen molar-refractivity contribution in [3.8, 4) is 11.5 Å². The van der Waals surface area contributed by atoms with Gasteiger partial charge >= 0.3 is 5.97 Å². The second kappa shape index (κ2) is 4.56. The molecule has 2 aromatic carbocycles. The van der Waals surface area contributed by atoms with Crippen LogP contribution in [-0.2, 0) is 4.79 Å². The van der Waals surface area contributed by atoms with E-state index in [0.29, 0.717) is 0 Å². The lowest BCUT2D eigenvalue weighted by Crippen LogP contribution is -2.22. The van der Waals surface area contributed by atoms with Crippen LogP contribution in [-0.4, -0.2) is 22.6 Å². The molecule has 3 rings (SSSR count). The van der Waals surface area contributed by atoms with Gasteiger partial charge in [-0.2, -0.15) is 0 Å². The Balaban J connectivity index is 2.28. The molecule has 1 aliphatic carbocycles. The van der Waals surface area contributed by atoms with Gasteiger partial charge in [0, 0.05) is 18.1 Å². The fourth-order valence-electron chi connectivity index (χ4n) is 2.43. The van der Waals surface area contributed by atoms with Crippen LogP contribution in [0.3, 0.4) is 0 Å². The van der Waals surface area contributed by atoms with Crippen LogP contribution in [0.25, 0.3) is 0 Å². The highest BCUT2D eigenvalue weighted by Crippen LogP contribution is 2.36. The van der Waals surface area contributed by atoms with Crippen molar-refractivity contribution in [1.82, 2.24) is 0 Å². The van der Waals surface area contributed by atoms with E-state index in [4.69, 9.17) is 4.74 Å². The van der Waals surface area contributed by atoms with Gasteiger partial charge in [0.25, 0.3) is 0 Å². The lowest BCUT2D eigenvalue weighted by atomic mass is 9.83. The van der Waals surface area contributed by atoms with E-state index in [-0.39, 0.29) is 33.8 Å². The summed E-state index contributed by atoms with van der Waals surface area (Å²) in [6.07, 6.45) is 0. The highest BCUT2D eigenvalue weighted by Gasteiger charge is 2.34. The number of rotatable bonds is 1. The largest absolute Gasteiger partial charge is 0.507 e. The number of ketones is 2. The van der Waals surface area contributed by atoms with E-state index < -0.39 is 17.5 Å². The van der Waals surface area contributed by atoms with Gasteiger partial charge in [0.15, 0.2) is 11.6 Å². The molecule has 0 heterocycles. The van der Waals surface area contributed by atoms with E-state index in [2.05, 4.69) is 0 Å². The Morgan fingerprint density at radius 3 is 2.19 bits per heavy atom. The van der Waals surface area contributed by atoms with Crippen molar-refractivity contribution in [1.29, 1.82) is 0 Å². The number of phenolic OH excluding ortho intramolecular Hbond substituents is 1. The van der Waals surface area contributed by atoms with Crippen molar-refractivity contribution < 1.29 is 24.2 Å². The maximum absolute atomic E-state index is 12.6. The summed E-state index contributed by atoms with van der Waals surface area (Å²) in [5.41, 5.74) is 0.255. The Morgan fingerprint density at radius 2 is 1.52 bits per heavy atom. The Kier molecular flexibility index (Phi) is 2.83. The molecule has 0 saturated carbocycles. The number of hydrogen-bond acceptors (Lipinski definition) is 5. The summed E-state index contributed by atoms with van der Waals surface area (Å²) in [5, 5.41) is 9.83. The molecule has 0 saturated heterocycles. The third-order valence-electron chi connectivity index (χ3n) is 3.27. The standard InChI is InChI=1S/C16H10O5/c1-8(17)21-12-7-3-5-10-14(12)16(20)9-4-2-6-11(18)13(9)15(10)19/h2-7,18H,1H3. The zero-order chi connectivity index (χ0) is 15.1. The van der Waals surface area contributed by atoms with E-state index in [9.17, 15) is 19.5 Å². The lowest BCUT2D eigenvalue weighted by Gasteiger charge is -2.20. The van der Waals surface area contributed by atoms with Crippen molar-refractivity contribution in [2.45, 2.75) is 6.92 Å². The Hall–Kier alpha value is -2.95. The first-order valence-corrected chi connectivity index (χ1v) is 6.23. The zero-order valence-electron chi connectivity index (χ0n) is 11.0. The number of aromatic hydroxyl groups is 1. The monoisotopic (exact) mass is 282 g/mol. The second-order valence-electron chi connectivity index (χ2n) is 4.63. The highest BCUT2D eigenvalue weighted by molar-refractivity contribution is 6.30. The number of ether oxygens (including phenoxy) is 1. The minimum Gasteiger partial charge on any atom is -0.507 e. The lowest BCUT2D eigenvalue weighted by molar-refractivity contribution is -0.131. The molecule has 0 unspecified atom stereocenters. The number of carbonyl (C=O) groups excluding carboxylic acids is 3. The number of fused-ring (bicyclic) bond motifs is 2. The normalized spacial score (nSPS) is 12.6. The first kappa shape index (κ1) is 13.1. The Morgan fingerprint density at radius 1 is 0.952 bits per heavy atom. The van der Waals surface area contributed by atoms with Crippen LogP contribution in [0, 0.1) is 0 Å². The molecule has 1 aliphatic rings. The summed E-state index contributed by atoms with van der Waals surface area (Å²) in [5.74, 6) is -1.69. The van der Waals surface area contributed by atoms with Gasteiger partial charge in [0.1, 0.15) is 11.5 Å². The second-order valence-corrected chi connectivity index (χ2v) is 4.63. The topological polar surface area (TPSA) is 80.7 Å². The molecule has 5 heteroatoms. The van der Waals surface area contributed by atoms with Crippen molar-refractivity contribution >= 4 is 17.5 Å². The number of phenols is 1. The molecule has 0 aromatic heterocycles. The molecule has 0 amide bonds. The summed E-state index contributed by atoms with van der Waals surface area (Å²) in [6.45, 7) is 1.22. The van der Waals surface area contributed by atoms with Crippen LogP contribution in [0.1, 0.15) is 38.8 Å². The van der Waals surface area contributed by atoms with E-state index in [1.54, 1.807) is 0 Å². The minimum atomic E-state index is -0.578. The van der Waals surface area contributed by atoms with Crippen LogP contribution >= 0.6 is 0 Å². The molecule has 104 valence electrons. The average Bonchev–Trinajstić information content (AvgIpc) is 2.44. The van der Waals surface area contributed by atoms with Gasteiger partial charge in [-0.05, 0) is 12.1 Å². The van der Waals surface area contributed by atoms with Crippen LogP contribution in [0.15, 0.2) is 36.4 Å². The van der Waals surface area contributed by atoms with Gasteiger partial charge < -0.3 is 9.84 Å². The minimum absolute atomic E-state index is 0.0185. The fourth-order valence-corrected chi connectivity index (χ4v) is 2.43. The SMILES string of the molecule is CC(=O)Oc1cccc2c1C(=O)c1cccc(O)c1C2=O. The molecule has 1 N–H and O–H groups in total. The third-order valence-corrected chi connectivity index (χ3v) is 3.27. The van der Waals surface area contributed by atoms with Crippen molar-refractivity contribution in [3.63, 3.8) is 0 Å². The predicted molar refractivity (Wildman–Crippen MR) is 72.7 cm³/mol. The van der Waals surface area contributed by atoms with Gasteiger partial charge in [-0.15, -0.1) is 0 Å². The van der Waals surface area contributed by atoms with Crippen molar-refractivity contribution in [2.75, 3.05) is 0 Å². The average molecular weight is 282 g/mol. The molecular weight excluding hydrogens is 272 g/mol. The molecule has 0 atom stereocenters. The molecule has 2 aromatic rings. The Bertz CT molecular complexity index is 804. The van der Waals surface area contributed by atoms with Gasteiger partial charge in [-0.1, -0.05) is 24.3 Å². The summed E-state index contributed by atoms with van der Waals surface area (Å²) < 4.78 is 5.00. The summed E-state index contributed by atoms with van der Waals surface area (Å²) in [6, 6.07) is 8.75. The van der Waals surface area contributed by atoms with E-state index >= 15 is 0 Å². The number of esters is 1. The van der Waals surface area contributed by atoms with E-state index in [1.165, 1.54) is 43.3 Å². The number of benzene rings is 2. The molecule has 0 radical (unpaired) electrons. The first-order chi connectivity index (χ1) is 10.0. The maximum Gasteiger partial charge on any atom is 0.308 e. The number of hydrogen-bond donors (Lipinski definition) is 1. The summed E-state index contributed by atoms with van der Waals surface area (Å²) in [7, 11) is 0. The summed E-state index contributed by atoms with van der Waals surface area (Å²) >= 11 is 0. The maximum atomic E-state index is 12.6. The molecule has 0 fully saturated rings. The van der Waals surface area contributed by atoms with Gasteiger partial charge in [-0.25, -0.2) is 0 Å². The molecule has 0 spiro atoms. The third kappa shape index (κ3) is 1.90. The quantitative estimate of drug-likeness (QED) is 0.546. The highest BCUT2D eigenvalue weighted by atomic mass is 16.5. The van der Waals surface area contributed by atoms with Crippen LogP contribution in [0.4, 0.5) is 0 Å². The number of carbonyl (C=O) groups is 3. The fraction of sp³-hybridized carbons (Fsp3) is 0.0625. The smallest absolute Gasteiger partial charge is 0.308 e. The molecule has 0 bridgehead atoms. The predicted octanol–water partition coefficient (Wildman–Crippen LogP) is 2.09. The molecule has 0 aliphatic heterocycles. The summed E-state index contributed by atoms with van der Waals surface area (Å²) in [4.78, 5) is 36.1. The van der Waals surface area contributed by atoms with E-state index in [0.717, 1.165) is 0 Å². The van der Waals surface area contributed by atoms with Gasteiger partial charge in [0.05, 0.1) is 11.1 Å². The first-order valence-electron chi connectivity index (χ1n) is 6.23. The van der Waals surface area contributed by atoms with Crippen LogP contribution in [0.5, 0.6) is 11.5 Å². The van der Waals surface area contributed by atoms with Crippen molar-refractivity contribution in [3.05, 3.63) is 58.7 Å². The molecule has 21 heavy (non-hydrogen) atoms. The van der Waals surface area contributed by atoms with E-state index in [1.807, 2.05) is 0 Å². The molecule has 5 nitrogen and oxygen atoms in total. The van der Waals surface area contributed by atoms with Crippen LogP contribution in [0.2, 0.25) is 0 Å².